The van der Waals surface area contributed by atoms with Gasteiger partial charge < -0.3 is 15.2 Å². The van der Waals surface area contributed by atoms with Gasteiger partial charge in [0.05, 0.1) is 6.04 Å². The molecule has 1 saturated heterocycles. The molecule has 2 atom stereocenters. The van der Waals surface area contributed by atoms with Gasteiger partial charge in [-0.05, 0) is 44.2 Å². The number of hydrogen-bond acceptors (Lipinski definition) is 6. The van der Waals surface area contributed by atoms with Crippen LogP contribution in [0, 0.1) is 0 Å². The number of thioether (sulfide) groups is 1. The van der Waals surface area contributed by atoms with Crippen LogP contribution in [0.5, 0.6) is 0 Å². The first-order valence-corrected chi connectivity index (χ1v) is 8.31. The number of amides is 1. The van der Waals surface area contributed by atoms with Gasteiger partial charge in [-0.25, -0.2) is 0 Å². The number of rotatable bonds is 7. The van der Waals surface area contributed by atoms with Gasteiger partial charge in [-0.15, -0.1) is 0 Å². The lowest BCUT2D eigenvalue weighted by Crippen LogP contribution is -2.33. The molecule has 2 heterocycles. The maximum atomic E-state index is 12.0. The Morgan fingerprint density at radius 3 is 3.20 bits per heavy atom. The number of hydrogen-bond donors (Lipinski definition) is 2. The van der Waals surface area contributed by atoms with E-state index in [2.05, 4.69) is 27.7 Å². The number of nitrogens with one attached hydrogen (secondary N) is 2. The van der Waals surface area contributed by atoms with E-state index in [0.29, 0.717) is 5.89 Å². The molecule has 0 aromatic carbocycles. The van der Waals surface area contributed by atoms with Crippen LogP contribution < -0.4 is 10.6 Å². The van der Waals surface area contributed by atoms with Crippen molar-refractivity contribution in [2.75, 3.05) is 18.1 Å². The molecule has 1 amide bonds. The summed E-state index contributed by atoms with van der Waals surface area (Å²) >= 11 is 1.87. The maximum absolute atomic E-state index is 12.0. The standard InChI is InChI=1S/C13H22N4O2S/c1-3-20-8-6-9(2)15-12(18)11-16-13(19-17-11)10-5-4-7-14-10/h9-10,14H,3-8H2,1-2H3,(H,15,18). The van der Waals surface area contributed by atoms with E-state index >= 15 is 0 Å². The summed E-state index contributed by atoms with van der Waals surface area (Å²) in [5, 5.41) is 9.94. The Labute approximate surface area is 123 Å². The number of nitrogens with zero attached hydrogens (tertiary/aromatic N) is 2. The van der Waals surface area contributed by atoms with Crippen molar-refractivity contribution in [3.05, 3.63) is 11.7 Å². The molecular weight excluding hydrogens is 276 g/mol. The largest absolute Gasteiger partial charge is 0.347 e. The molecule has 0 spiro atoms. The molecule has 1 aliphatic heterocycles. The Balaban J connectivity index is 1.82. The lowest BCUT2D eigenvalue weighted by atomic mass is 10.2. The molecule has 2 N–H and O–H groups in total. The third-order valence-corrected chi connectivity index (χ3v) is 4.21. The van der Waals surface area contributed by atoms with Gasteiger partial charge in [0, 0.05) is 6.04 Å². The summed E-state index contributed by atoms with van der Waals surface area (Å²) in [4.78, 5) is 16.2. The second-order valence-electron chi connectivity index (χ2n) is 4.97. The van der Waals surface area contributed by atoms with E-state index in [9.17, 15) is 4.79 Å². The number of carbonyl (C=O) groups is 1. The van der Waals surface area contributed by atoms with E-state index in [1.165, 1.54) is 0 Å². The van der Waals surface area contributed by atoms with E-state index in [1.54, 1.807) is 0 Å². The highest BCUT2D eigenvalue weighted by molar-refractivity contribution is 7.99. The molecule has 0 bridgehead atoms. The van der Waals surface area contributed by atoms with Gasteiger partial charge >= 0.3 is 0 Å². The van der Waals surface area contributed by atoms with Gasteiger partial charge in [-0.1, -0.05) is 12.1 Å². The minimum atomic E-state index is -0.257. The molecule has 2 rings (SSSR count). The minimum absolute atomic E-state index is 0.0995. The van der Waals surface area contributed by atoms with Crippen LogP contribution in [0.25, 0.3) is 0 Å². The van der Waals surface area contributed by atoms with Crippen LogP contribution in [0.4, 0.5) is 0 Å². The molecule has 6 nitrogen and oxygen atoms in total. The van der Waals surface area contributed by atoms with Crippen molar-refractivity contribution in [1.82, 2.24) is 20.8 Å². The quantitative estimate of drug-likeness (QED) is 0.747. The van der Waals surface area contributed by atoms with Crippen molar-refractivity contribution in [2.24, 2.45) is 0 Å². The third kappa shape index (κ3) is 4.21. The second-order valence-corrected chi connectivity index (χ2v) is 6.36. The van der Waals surface area contributed by atoms with E-state index < -0.39 is 0 Å². The Morgan fingerprint density at radius 1 is 1.65 bits per heavy atom. The molecule has 112 valence electrons. The molecule has 1 aromatic heterocycles. The highest BCUT2D eigenvalue weighted by Gasteiger charge is 2.24. The zero-order valence-corrected chi connectivity index (χ0v) is 12.8. The van der Waals surface area contributed by atoms with Gasteiger partial charge in [0.25, 0.3) is 11.7 Å². The molecule has 2 unspecified atom stereocenters. The van der Waals surface area contributed by atoms with Crippen molar-refractivity contribution in [3.63, 3.8) is 0 Å². The Morgan fingerprint density at radius 2 is 2.50 bits per heavy atom. The Kier molecular flexibility index (Phi) is 5.85. The van der Waals surface area contributed by atoms with Crippen molar-refractivity contribution < 1.29 is 9.32 Å². The lowest BCUT2D eigenvalue weighted by Gasteiger charge is -2.11. The van der Waals surface area contributed by atoms with Crippen molar-refractivity contribution in [3.8, 4) is 0 Å². The van der Waals surface area contributed by atoms with Gasteiger partial charge in [0.15, 0.2) is 0 Å². The maximum Gasteiger partial charge on any atom is 0.292 e. The summed E-state index contributed by atoms with van der Waals surface area (Å²) in [5.41, 5.74) is 0. The fourth-order valence-corrected chi connectivity index (χ4v) is 2.94. The van der Waals surface area contributed by atoms with Crippen LogP contribution >= 0.6 is 11.8 Å². The summed E-state index contributed by atoms with van der Waals surface area (Å²) in [5.74, 6) is 2.53. The van der Waals surface area contributed by atoms with Crippen LogP contribution in [0.1, 0.15) is 55.7 Å². The van der Waals surface area contributed by atoms with Crippen molar-refractivity contribution in [1.29, 1.82) is 0 Å². The number of aromatic nitrogens is 2. The average Bonchev–Trinajstić information content (AvgIpc) is 3.10. The lowest BCUT2D eigenvalue weighted by molar-refractivity contribution is 0.0926. The number of carbonyl (C=O) groups excluding carboxylic acids is 1. The van der Waals surface area contributed by atoms with Crippen LogP contribution in [0.2, 0.25) is 0 Å². The molecule has 0 radical (unpaired) electrons. The minimum Gasteiger partial charge on any atom is -0.347 e. The molecule has 20 heavy (non-hydrogen) atoms. The fourth-order valence-electron chi connectivity index (χ4n) is 2.13. The first-order valence-electron chi connectivity index (χ1n) is 7.16. The van der Waals surface area contributed by atoms with Crippen LogP contribution in [0.3, 0.4) is 0 Å². The van der Waals surface area contributed by atoms with Crippen molar-refractivity contribution >= 4 is 17.7 Å². The zero-order valence-electron chi connectivity index (χ0n) is 12.0. The molecule has 1 fully saturated rings. The average molecular weight is 298 g/mol. The first-order chi connectivity index (χ1) is 9.70. The van der Waals surface area contributed by atoms with E-state index in [1.807, 2.05) is 18.7 Å². The summed E-state index contributed by atoms with van der Waals surface area (Å²) in [7, 11) is 0. The molecule has 0 aliphatic carbocycles. The Bertz CT molecular complexity index is 432. The predicted molar refractivity (Wildman–Crippen MR) is 78.8 cm³/mol. The summed E-state index contributed by atoms with van der Waals surface area (Å²) in [6, 6.07) is 0.218. The van der Waals surface area contributed by atoms with Crippen LogP contribution in [0.15, 0.2) is 4.52 Å². The summed E-state index contributed by atoms with van der Waals surface area (Å²) < 4.78 is 5.16. The third-order valence-electron chi connectivity index (χ3n) is 3.28. The molecule has 1 aromatic rings. The smallest absolute Gasteiger partial charge is 0.292 e. The SMILES string of the molecule is CCSCCC(C)NC(=O)c1noc(C2CCCN2)n1. The monoisotopic (exact) mass is 298 g/mol. The first kappa shape index (κ1) is 15.3. The zero-order chi connectivity index (χ0) is 14.4. The normalized spacial score (nSPS) is 20.0. The van der Waals surface area contributed by atoms with E-state index in [4.69, 9.17) is 4.52 Å². The van der Waals surface area contributed by atoms with E-state index in [0.717, 1.165) is 37.3 Å². The molecular formula is C13H22N4O2S. The molecule has 1 aliphatic rings. The van der Waals surface area contributed by atoms with Crippen molar-refractivity contribution in [2.45, 2.75) is 45.2 Å². The van der Waals surface area contributed by atoms with Gasteiger partial charge in [-0.3, -0.25) is 4.79 Å². The Hall–Kier alpha value is -1.08. The highest BCUT2D eigenvalue weighted by Crippen LogP contribution is 2.21. The van der Waals surface area contributed by atoms with Crippen LogP contribution in [-0.2, 0) is 0 Å². The summed E-state index contributed by atoms with van der Waals surface area (Å²) in [6.07, 6.45) is 3.02. The molecule has 7 heteroatoms. The van der Waals surface area contributed by atoms with Gasteiger partial charge in [0.2, 0.25) is 5.89 Å². The second kappa shape index (κ2) is 7.64. The van der Waals surface area contributed by atoms with Gasteiger partial charge in [0.1, 0.15) is 0 Å². The van der Waals surface area contributed by atoms with Gasteiger partial charge in [-0.2, -0.15) is 16.7 Å². The molecule has 0 saturated carbocycles. The fraction of sp³-hybridized carbons (Fsp3) is 0.769. The van der Waals surface area contributed by atoms with Crippen LogP contribution in [-0.4, -0.2) is 40.1 Å². The highest BCUT2D eigenvalue weighted by atomic mass is 32.2. The summed E-state index contributed by atoms with van der Waals surface area (Å²) in [6.45, 7) is 5.08. The topological polar surface area (TPSA) is 80.0 Å². The van der Waals surface area contributed by atoms with E-state index in [-0.39, 0.29) is 23.8 Å². The predicted octanol–water partition coefficient (Wildman–Crippen LogP) is 1.76.